The lowest BCUT2D eigenvalue weighted by Gasteiger charge is -2.36. The van der Waals surface area contributed by atoms with E-state index in [0.29, 0.717) is 11.3 Å². The zero-order valence-electron chi connectivity index (χ0n) is 11.3. The third kappa shape index (κ3) is 3.87. The number of halogens is 2. The van der Waals surface area contributed by atoms with Crippen LogP contribution in [0, 0.1) is 5.82 Å². The summed E-state index contributed by atoms with van der Waals surface area (Å²) >= 11 is 7.93. The second-order valence-corrected chi connectivity index (χ2v) is 6.92. The molecular weight excluding hydrogens is 281 g/mol. The van der Waals surface area contributed by atoms with E-state index in [4.69, 9.17) is 11.6 Å². The zero-order chi connectivity index (χ0) is 13.7. The lowest BCUT2D eigenvalue weighted by molar-refractivity contribution is 0.379. The number of hydrogen-bond donors (Lipinski definition) is 1. The van der Waals surface area contributed by atoms with Gasteiger partial charge in [0.25, 0.3) is 0 Å². The first-order valence-corrected chi connectivity index (χ1v) is 8.46. The summed E-state index contributed by atoms with van der Waals surface area (Å²) in [5, 5.41) is 3.71. The Morgan fingerprint density at radius 2 is 2.05 bits per heavy atom. The Kier molecular flexibility index (Phi) is 5.55. The van der Waals surface area contributed by atoms with E-state index in [9.17, 15) is 4.39 Å². The fourth-order valence-electron chi connectivity index (χ4n) is 2.76. The average Bonchev–Trinajstić information content (AvgIpc) is 2.44. The summed E-state index contributed by atoms with van der Waals surface area (Å²) in [4.78, 5) is 0. The van der Waals surface area contributed by atoms with Gasteiger partial charge in [-0.1, -0.05) is 43.0 Å². The predicted molar refractivity (Wildman–Crippen MR) is 82.4 cm³/mol. The topological polar surface area (TPSA) is 12.0 Å². The van der Waals surface area contributed by atoms with E-state index in [1.807, 2.05) is 17.8 Å². The number of benzene rings is 1. The van der Waals surface area contributed by atoms with E-state index in [0.717, 1.165) is 12.1 Å². The molecule has 0 atom stereocenters. The number of thioether (sulfide) groups is 1. The van der Waals surface area contributed by atoms with Crippen molar-refractivity contribution in [2.75, 3.05) is 12.8 Å². The van der Waals surface area contributed by atoms with Crippen LogP contribution in [0.3, 0.4) is 0 Å². The maximum absolute atomic E-state index is 13.3. The molecule has 1 aromatic rings. The highest BCUT2D eigenvalue weighted by Crippen LogP contribution is 2.38. The SMILES string of the molecule is CSC1(CNCc2cccc(F)c2Cl)CCCCC1. The summed E-state index contributed by atoms with van der Waals surface area (Å²) < 4.78 is 13.7. The van der Waals surface area contributed by atoms with Crippen LogP contribution in [-0.2, 0) is 6.54 Å². The quantitative estimate of drug-likeness (QED) is 0.850. The van der Waals surface area contributed by atoms with Gasteiger partial charge in [0.15, 0.2) is 0 Å². The van der Waals surface area contributed by atoms with Crippen molar-refractivity contribution >= 4 is 23.4 Å². The third-order valence-electron chi connectivity index (χ3n) is 3.99. The van der Waals surface area contributed by atoms with E-state index >= 15 is 0 Å². The monoisotopic (exact) mass is 301 g/mol. The minimum Gasteiger partial charge on any atom is -0.311 e. The van der Waals surface area contributed by atoms with Crippen LogP contribution in [0.15, 0.2) is 18.2 Å². The van der Waals surface area contributed by atoms with E-state index < -0.39 is 0 Å². The lowest BCUT2D eigenvalue weighted by atomic mass is 9.88. The van der Waals surface area contributed by atoms with Crippen molar-refractivity contribution < 1.29 is 4.39 Å². The molecule has 0 saturated heterocycles. The Labute approximate surface area is 124 Å². The first kappa shape index (κ1) is 15.1. The standard InChI is InChI=1S/C15H21ClFNS/c1-19-15(8-3-2-4-9-15)11-18-10-12-6-5-7-13(17)14(12)16/h5-7,18H,2-4,8-11H2,1H3. The van der Waals surface area contributed by atoms with Gasteiger partial charge in [0.1, 0.15) is 5.82 Å². The van der Waals surface area contributed by atoms with Crippen LogP contribution in [0.5, 0.6) is 0 Å². The minimum atomic E-state index is -0.335. The molecule has 1 aliphatic carbocycles. The highest BCUT2D eigenvalue weighted by atomic mass is 35.5. The highest BCUT2D eigenvalue weighted by Gasteiger charge is 2.30. The first-order valence-electron chi connectivity index (χ1n) is 6.86. The number of hydrogen-bond acceptors (Lipinski definition) is 2. The van der Waals surface area contributed by atoms with Gasteiger partial charge in [0.2, 0.25) is 0 Å². The molecule has 4 heteroatoms. The van der Waals surface area contributed by atoms with Gasteiger partial charge < -0.3 is 5.32 Å². The molecule has 0 heterocycles. The van der Waals surface area contributed by atoms with Crippen molar-refractivity contribution in [3.8, 4) is 0 Å². The van der Waals surface area contributed by atoms with Crippen LogP contribution in [0.1, 0.15) is 37.7 Å². The van der Waals surface area contributed by atoms with Crippen molar-refractivity contribution in [1.29, 1.82) is 0 Å². The second kappa shape index (κ2) is 6.96. The molecule has 0 radical (unpaired) electrons. The molecule has 0 unspecified atom stereocenters. The molecular formula is C15H21ClFNS. The fourth-order valence-corrected chi connectivity index (χ4v) is 3.90. The van der Waals surface area contributed by atoms with Crippen LogP contribution < -0.4 is 5.32 Å². The summed E-state index contributed by atoms with van der Waals surface area (Å²) in [6.07, 6.45) is 8.75. The van der Waals surface area contributed by atoms with Gasteiger partial charge in [-0.05, 0) is 30.7 Å². The molecule has 0 bridgehead atoms. The largest absolute Gasteiger partial charge is 0.311 e. The zero-order valence-corrected chi connectivity index (χ0v) is 12.9. The van der Waals surface area contributed by atoms with Gasteiger partial charge >= 0.3 is 0 Å². The van der Waals surface area contributed by atoms with Crippen molar-refractivity contribution in [2.24, 2.45) is 0 Å². The Morgan fingerprint density at radius 1 is 1.32 bits per heavy atom. The molecule has 0 aliphatic heterocycles. The van der Waals surface area contributed by atoms with Crippen LogP contribution in [0.2, 0.25) is 5.02 Å². The van der Waals surface area contributed by atoms with Gasteiger partial charge in [0, 0.05) is 17.8 Å². The van der Waals surface area contributed by atoms with Crippen LogP contribution in [-0.4, -0.2) is 17.5 Å². The normalized spacial score (nSPS) is 18.5. The van der Waals surface area contributed by atoms with E-state index in [2.05, 4.69) is 11.6 Å². The molecule has 19 heavy (non-hydrogen) atoms. The van der Waals surface area contributed by atoms with Gasteiger partial charge in [-0.15, -0.1) is 0 Å². The maximum Gasteiger partial charge on any atom is 0.142 e. The Morgan fingerprint density at radius 3 is 2.74 bits per heavy atom. The highest BCUT2D eigenvalue weighted by molar-refractivity contribution is 8.00. The van der Waals surface area contributed by atoms with Crippen molar-refractivity contribution in [3.05, 3.63) is 34.6 Å². The molecule has 1 nitrogen and oxygen atoms in total. The summed E-state index contributed by atoms with van der Waals surface area (Å²) in [5.41, 5.74) is 0.841. The summed E-state index contributed by atoms with van der Waals surface area (Å²) in [7, 11) is 0. The average molecular weight is 302 g/mol. The molecule has 1 fully saturated rings. The molecule has 1 saturated carbocycles. The molecule has 106 valence electrons. The molecule has 0 aromatic heterocycles. The molecule has 0 amide bonds. The lowest BCUT2D eigenvalue weighted by Crippen LogP contribution is -2.39. The third-order valence-corrected chi connectivity index (χ3v) is 5.83. The summed E-state index contributed by atoms with van der Waals surface area (Å²) in [6.45, 7) is 1.61. The van der Waals surface area contributed by atoms with Crippen LogP contribution >= 0.6 is 23.4 Å². The smallest absolute Gasteiger partial charge is 0.142 e. The van der Waals surface area contributed by atoms with Gasteiger partial charge in [-0.2, -0.15) is 11.8 Å². The van der Waals surface area contributed by atoms with E-state index in [1.165, 1.54) is 38.2 Å². The van der Waals surface area contributed by atoms with E-state index in [-0.39, 0.29) is 10.8 Å². The van der Waals surface area contributed by atoms with E-state index in [1.54, 1.807) is 6.07 Å². The molecule has 1 aromatic carbocycles. The van der Waals surface area contributed by atoms with Crippen molar-refractivity contribution in [1.82, 2.24) is 5.32 Å². The first-order chi connectivity index (χ1) is 9.17. The molecule has 1 aliphatic rings. The molecule has 1 N–H and O–H groups in total. The summed E-state index contributed by atoms with van der Waals surface area (Å²) in [5.74, 6) is -0.335. The van der Waals surface area contributed by atoms with Crippen molar-refractivity contribution in [3.63, 3.8) is 0 Å². The van der Waals surface area contributed by atoms with Gasteiger partial charge in [0.05, 0.1) is 5.02 Å². The molecule has 0 spiro atoms. The van der Waals surface area contributed by atoms with Crippen LogP contribution in [0.4, 0.5) is 4.39 Å². The maximum atomic E-state index is 13.3. The van der Waals surface area contributed by atoms with Gasteiger partial charge in [-0.25, -0.2) is 4.39 Å². The number of rotatable bonds is 5. The van der Waals surface area contributed by atoms with Gasteiger partial charge in [-0.3, -0.25) is 0 Å². The second-order valence-electron chi connectivity index (χ2n) is 5.26. The Bertz CT molecular complexity index is 419. The number of nitrogens with one attached hydrogen (secondary N) is 1. The van der Waals surface area contributed by atoms with Crippen molar-refractivity contribution in [2.45, 2.75) is 43.4 Å². The minimum absolute atomic E-state index is 0.247. The molecule has 2 rings (SSSR count). The van der Waals surface area contributed by atoms with Crippen LogP contribution in [0.25, 0.3) is 0 Å². The predicted octanol–water partition coefficient (Wildman–Crippen LogP) is 4.63. The summed E-state index contributed by atoms with van der Waals surface area (Å²) in [6, 6.07) is 4.99. The Hall–Kier alpha value is -0.250. The Balaban J connectivity index is 1.90. The fraction of sp³-hybridized carbons (Fsp3) is 0.600.